The number of aliphatic hydroxyl groups is 1. The van der Waals surface area contributed by atoms with Crippen LogP contribution >= 0.6 is 0 Å². The Bertz CT molecular complexity index is 558. The fraction of sp³-hybridized carbons (Fsp3) is 0.250. The number of aliphatic hydroxyl groups excluding tert-OH is 1. The number of hydrogen-bond donors (Lipinski definition) is 1. The second kappa shape index (κ2) is 4.46. The Morgan fingerprint density at radius 1 is 1.11 bits per heavy atom. The van der Waals surface area contributed by atoms with Crippen molar-refractivity contribution >= 4 is 0 Å². The molecule has 0 heterocycles. The lowest BCUT2D eigenvalue weighted by atomic mass is 9.97. The van der Waals surface area contributed by atoms with Gasteiger partial charge < -0.3 is 9.84 Å². The molecule has 0 saturated carbocycles. The average molecular weight is 240 g/mol. The summed E-state index contributed by atoms with van der Waals surface area (Å²) < 4.78 is 5.17. The zero-order valence-corrected chi connectivity index (χ0v) is 10.4. The first kappa shape index (κ1) is 11.3. The fourth-order valence-electron chi connectivity index (χ4n) is 2.67. The third-order valence-corrected chi connectivity index (χ3v) is 3.64. The van der Waals surface area contributed by atoms with E-state index in [1.165, 1.54) is 16.7 Å². The van der Waals surface area contributed by atoms with Crippen molar-refractivity contribution in [3.63, 3.8) is 0 Å². The van der Waals surface area contributed by atoms with E-state index in [0.29, 0.717) is 0 Å². The van der Waals surface area contributed by atoms with Crippen molar-refractivity contribution in [2.45, 2.75) is 18.9 Å². The summed E-state index contributed by atoms with van der Waals surface area (Å²) in [5.41, 5.74) is 4.78. The average Bonchev–Trinajstić information content (AvgIpc) is 2.81. The van der Waals surface area contributed by atoms with E-state index in [1.807, 2.05) is 24.3 Å². The summed E-state index contributed by atoms with van der Waals surface area (Å²) in [4.78, 5) is 0. The Morgan fingerprint density at radius 2 is 1.89 bits per heavy atom. The van der Waals surface area contributed by atoms with Crippen LogP contribution in [0.25, 0.3) is 11.1 Å². The minimum atomic E-state index is -0.293. The van der Waals surface area contributed by atoms with Crippen LogP contribution in [-0.2, 0) is 6.42 Å². The van der Waals surface area contributed by atoms with Gasteiger partial charge >= 0.3 is 0 Å². The zero-order chi connectivity index (χ0) is 12.5. The van der Waals surface area contributed by atoms with Gasteiger partial charge in [0.2, 0.25) is 0 Å². The van der Waals surface area contributed by atoms with Gasteiger partial charge in [0.25, 0.3) is 0 Å². The monoisotopic (exact) mass is 240 g/mol. The Hall–Kier alpha value is -1.80. The van der Waals surface area contributed by atoms with E-state index in [-0.39, 0.29) is 6.10 Å². The molecule has 0 saturated heterocycles. The Kier molecular flexibility index (Phi) is 2.80. The van der Waals surface area contributed by atoms with Crippen molar-refractivity contribution in [2.75, 3.05) is 7.11 Å². The van der Waals surface area contributed by atoms with Crippen LogP contribution in [0.5, 0.6) is 5.75 Å². The quantitative estimate of drug-likeness (QED) is 0.872. The molecule has 1 unspecified atom stereocenters. The molecule has 1 N–H and O–H groups in total. The minimum absolute atomic E-state index is 0.293. The maximum atomic E-state index is 9.91. The van der Waals surface area contributed by atoms with Gasteiger partial charge in [-0.3, -0.25) is 0 Å². The highest BCUT2D eigenvalue weighted by Crippen LogP contribution is 2.37. The molecule has 1 atom stereocenters. The van der Waals surface area contributed by atoms with Crippen LogP contribution in [0.4, 0.5) is 0 Å². The first-order chi connectivity index (χ1) is 8.79. The van der Waals surface area contributed by atoms with Gasteiger partial charge in [0.1, 0.15) is 5.75 Å². The molecular weight excluding hydrogens is 224 g/mol. The van der Waals surface area contributed by atoms with Gasteiger partial charge in [-0.25, -0.2) is 0 Å². The molecule has 0 radical (unpaired) electrons. The Balaban J connectivity index is 2.06. The SMILES string of the molecule is COc1ccc(-c2cccc3c2CCC3O)cc1. The van der Waals surface area contributed by atoms with Crippen molar-refractivity contribution in [2.24, 2.45) is 0 Å². The normalized spacial score (nSPS) is 17.6. The van der Waals surface area contributed by atoms with Crippen LogP contribution in [0.15, 0.2) is 42.5 Å². The van der Waals surface area contributed by atoms with Gasteiger partial charge in [0.05, 0.1) is 13.2 Å². The summed E-state index contributed by atoms with van der Waals surface area (Å²) in [5.74, 6) is 0.867. The first-order valence-electron chi connectivity index (χ1n) is 6.24. The molecule has 2 aromatic carbocycles. The number of rotatable bonds is 2. The van der Waals surface area contributed by atoms with Crippen molar-refractivity contribution in [1.29, 1.82) is 0 Å². The standard InChI is InChI=1S/C16H16O2/c1-18-12-7-5-11(6-8-12)13-3-2-4-15-14(13)9-10-16(15)17/h2-8,16-17H,9-10H2,1H3. The number of methoxy groups -OCH3 is 1. The van der Waals surface area contributed by atoms with Crippen molar-refractivity contribution < 1.29 is 9.84 Å². The predicted octanol–water partition coefficient (Wildman–Crippen LogP) is 3.34. The highest BCUT2D eigenvalue weighted by atomic mass is 16.5. The minimum Gasteiger partial charge on any atom is -0.497 e. The number of fused-ring (bicyclic) bond motifs is 1. The van der Waals surface area contributed by atoms with E-state index in [4.69, 9.17) is 4.74 Å². The summed E-state index contributed by atoms with van der Waals surface area (Å²) in [7, 11) is 1.67. The van der Waals surface area contributed by atoms with Crippen LogP contribution in [0.1, 0.15) is 23.7 Å². The second-order valence-electron chi connectivity index (χ2n) is 4.66. The lowest BCUT2D eigenvalue weighted by Crippen LogP contribution is -1.91. The molecule has 2 nitrogen and oxygen atoms in total. The molecule has 0 amide bonds. The summed E-state index contributed by atoms with van der Waals surface area (Å²) in [6.07, 6.45) is 1.50. The smallest absolute Gasteiger partial charge is 0.118 e. The van der Waals surface area contributed by atoms with Crippen LogP contribution in [0.3, 0.4) is 0 Å². The van der Waals surface area contributed by atoms with Crippen LogP contribution in [-0.4, -0.2) is 12.2 Å². The van der Waals surface area contributed by atoms with E-state index in [0.717, 1.165) is 24.2 Å². The van der Waals surface area contributed by atoms with E-state index >= 15 is 0 Å². The molecule has 92 valence electrons. The van der Waals surface area contributed by atoms with Crippen molar-refractivity contribution in [3.8, 4) is 16.9 Å². The zero-order valence-electron chi connectivity index (χ0n) is 10.4. The largest absolute Gasteiger partial charge is 0.497 e. The lowest BCUT2D eigenvalue weighted by Gasteiger charge is -2.10. The van der Waals surface area contributed by atoms with Gasteiger partial charge in [0, 0.05) is 0 Å². The maximum Gasteiger partial charge on any atom is 0.118 e. The number of ether oxygens (including phenoxy) is 1. The molecule has 2 aromatic rings. The Morgan fingerprint density at radius 3 is 2.61 bits per heavy atom. The summed E-state index contributed by atoms with van der Waals surface area (Å²) in [5, 5.41) is 9.91. The van der Waals surface area contributed by atoms with Crippen molar-refractivity contribution in [1.82, 2.24) is 0 Å². The topological polar surface area (TPSA) is 29.5 Å². The summed E-state index contributed by atoms with van der Waals surface area (Å²) in [6, 6.07) is 14.3. The van der Waals surface area contributed by atoms with Crippen LogP contribution < -0.4 is 4.74 Å². The van der Waals surface area contributed by atoms with E-state index in [2.05, 4.69) is 18.2 Å². The van der Waals surface area contributed by atoms with Crippen LogP contribution in [0, 0.1) is 0 Å². The van der Waals surface area contributed by atoms with Gasteiger partial charge in [-0.15, -0.1) is 0 Å². The highest BCUT2D eigenvalue weighted by molar-refractivity contribution is 5.70. The van der Waals surface area contributed by atoms with Gasteiger partial charge in [0.15, 0.2) is 0 Å². The Labute approximate surface area is 107 Å². The molecule has 1 aliphatic rings. The maximum absolute atomic E-state index is 9.91. The summed E-state index contributed by atoms with van der Waals surface area (Å²) in [6.45, 7) is 0. The van der Waals surface area contributed by atoms with E-state index in [9.17, 15) is 5.11 Å². The molecule has 1 aliphatic carbocycles. The molecule has 18 heavy (non-hydrogen) atoms. The van der Waals surface area contributed by atoms with Gasteiger partial charge in [-0.1, -0.05) is 30.3 Å². The van der Waals surface area contributed by atoms with Gasteiger partial charge in [-0.2, -0.15) is 0 Å². The third-order valence-electron chi connectivity index (χ3n) is 3.64. The van der Waals surface area contributed by atoms with Gasteiger partial charge in [-0.05, 0) is 47.2 Å². The molecule has 0 aromatic heterocycles. The molecule has 0 spiro atoms. The summed E-state index contributed by atoms with van der Waals surface area (Å²) >= 11 is 0. The van der Waals surface area contributed by atoms with E-state index < -0.39 is 0 Å². The van der Waals surface area contributed by atoms with Crippen molar-refractivity contribution in [3.05, 3.63) is 53.6 Å². The van der Waals surface area contributed by atoms with Crippen LogP contribution in [0.2, 0.25) is 0 Å². The molecule has 2 heteroatoms. The highest BCUT2D eigenvalue weighted by Gasteiger charge is 2.22. The molecule has 0 fully saturated rings. The third kappa shape index (κ3) is 1.79. The molecular formula is C16H16O2. The predicted molar refractivity (Wildman–Crippen MR) is 71.7 cm³/mol. The van der Waals surface area contributed by atoms with E-state index in [1.54, 1.807) is 7.11 Å². The number of hydrogen-bond acceptors (Lipinski definition) is 2. The second-order valence-corrected chi connectivity index (χ2v) is 4.66. The molecule has 3 rings (SSSR count). The fourth-order valence-corrected chi connectivity index (χ4v) is 2.67. The molecule has 0 aliphatic heterocycles. The number of benzene rings is 2. The first-order valence-corrected chi connectivity index (χ1v) is 6.24. The molecule has 0 bridgehead atoms. The lowest BCUT2D eigenvalue weighted by molar-refractivity contribution is 0.180.